The monoisotopic (exact) mass is 390 g/mol. The molecule has 4 saturated carbocycles. The van der Waals surface area contributed by atoms with Crippen LogP contribution in [-0.2, 0) is 10.4 Å². The van der Waals surface area contributed by atoms with Gasteiger partial charge in [-0.2, -0.15) is 8.42 Å². The van der Waals surface area contributed by atoms with Gasteiger partial charge in [0.2, 0.25) is 0 Å². The summed E-state index contributed by atoms with van der Waals surface area (Å²) in [6.45, 7) is 4.90. The number of fused-ring (bicyclic) bond motifs is 5. The smallest absolute Gasteiger partial charge is 0.393 e. The summed E-state index contributed by atoms with van der Waals surface area (Å²) in [5, 5.41) is 20.5. The second-order valence-corrected chi connectivity index (χ2v) is 10.6. The summed E-state index contributed by atoms with van der Waals surface area (Å²) < 4.78 is 31.6. The molecule has 0 unspecified atom stereocenters. The minimum atomic E-state index is -4.67. The molecule has 4 rings (SSSR count). The van der Waals surface area contributed by atoms with Gasteiger partial charge in [0, 0.05) is 0 Å². The van der Waals surface area contributed by atoms with Gasteiger partial charge in [-0.1, -0.05) is 13.8 Å². The van der Waals surface area contributed by atoms with Crippen molar-refractivity contribution in [1.29, 1.82) is 0 Å². The fourth-order valence-corrected chi connectivity index (χ4v) is 7.21. The van der Waals surface area contributed by atoms with E-state index in [9.17, 15) is 10.2 Å². The lowest BCUT2D eigenvalue weighted by Gasteiger charge is -2.60. The molecule has 6 nitrogen and oxygen atoms in total. The summed E-state index contributed by atoms with van der Waals surface area (Å²) in [6.07, 6.45) is 10.7. The summed E-state index contributed by atoms with van der Waals surface area (Å²) >= 11 is 0. The van der Waals surface area contributed by atoms with E-state index in [1.54, 1.807) is 0 Å². The van der Waals surface area contributed by atoms with E-state index in [-0.39, 0.29) is 17.6 Å². The Morgan fingerprint density at radius 2 is 1.38 bits per heavy atom. The highest BCUT2D eigenvalue weighted by Crippen LogP contribution is 2.66. The first-order chi connectivity index (χ1) is 11.9. The second-order valence-electron chi connectivity index (χ2n) is 9.67. The third-order valence-electron chi connectivity index (χ3n) is 8.59. The van der Waals surface area contributed by atoms with Crippen LogP contribution in [-0.4, -0.2) is 39.9 Å². The van der Waals surface area contributed by atoms with E-state index in [1.165, 1.54) is 38.5 Å². The van der Waals surface area contributed by atoms with E-state index in [0.29, 0.717) is 5.41 Å². The Morgan fingerprint density at radius 1 is 0.808 bits per heavy atom. The molecule has 0 bridgehead atoms. The van der Waals surface area contributed by atoms with Crippen molar-refractivity contribution in [3.8, 4) is 0 Å². The van der Waals surface area contributed by atoms with Gasteiger partial charge in [0.25, 0.3) is 0 Å². The predicted molar refractivity (Wildman–Crippen MR) is 97.9 cm³/mol. The Kier molecular flexibility index (Phi) is 5.52. The maximum atomic E-state index is 10.5. The van der Waals surface area contributed by atoms with Crippen LogP contribution in [0.3, 0.4) is 0 Å². The third kappa shape index (κ3) is 3.70. The number of aliphatic hydroxyl groups is 2. The first kappa shape index (κ1) is 20.5. The van der Waals surface area contributed by atoms with E-state index < -0.39 is 10.4 Å². The molecule has 4 aliphatic carbocycles. The fraction of sp³-hybridized carbons (Fsp3) is 1.00. The van der Waals surface area contributed by atoms with Crippen molar-refractivity contribution < 1.29 is 27.7 Å². The molecule has 0 aromatic rings. The molecule has 4 aliphatic rings. The van der Waals surface area contributed by atoms with Crippen LogP contribution in [0.15, 0.2) is 0 Å². The van der Waals surface area contributed by atoms with Crippen molar-refractivity contribution >= 4 is 10.4 Å². The summed E-state index contributed by atoms with van der Waals surface area (Å²) in [7, 11) is -4.67. The second kappa shape index (κ2) is 6.99. The molecule has 8 atom stereocenters. The summed E-state index contributed by atoms with van der Waals surface area (Å²) in [5.74, 6) is 3.21. The Balaban J connectivity index is 0.000000349. The van der Waals surface area contributed by atoms with Crippen LogP contribution in [0.1, 0.15) is 71.6 Å². The van der Waals surface area contributed by atoms with Gasteiger partial charge in [0.05, 0.1) is 12.2 Å². The van der Waals surface area contributed by atoms with E-state index in [0.717, 1.165) is 42.9 Å². The number of aliphatic hydroxyl groups excluding tert-OH is 2. The van der Waals surface area contributed by atoms with Crippen LogP contribution in [0.5, 0.6) is 0 Å². The molecule has 0 aromatic carbocycles. The van der Waals surface area contributed by atoms with E-state index in [4.69, 9.17) is 17.5 Å². The van der Waals surface area contributed by atoms with Gasteiger partial charge in [0.15, 0.2) is 0 Å². The standard InChI is InChI=1S/C19H32O2.H2O4S/c1-18-9-7-13(20)11-12(18)3-4-14-15-5-6-17(21)19(15,2)10-8-16(14)18;1-5(2,3)4/h12-17,20-21H,3-11H2,1-2H3;(H2,1,2,3,4)/t12-,13+,14-,15-,16-,17-,18-,19-;/m0./s1. The largest absolute Gasteiger partial charge is 0.394 e. The number of hydrogen-bond donors (Lipinski definition) is 4. The minimum Gasteiger partial charge on any atom is -0.393 e. The van der Waals surface area contributed by atoms with Crippen molar-refractivity contribution in [2.75, 3.05) is 0 Å². The Labute approximate surface area is 157 Å². The van der Waals surface area contributed by atoms with Crippen molar-refractivity contribution in [2.24, 2.45) is 34.5 Å². The third-order valence-corrected chi connectivity index (χ3v) is 8.59. The highest BCUT2D eigenvalue weighted by Gasteiger charge is 2.59. The quantitative estimate of drug-likeness (QED) is 0.473. The zero-order valence-electron chi connectivity index (χ0n) is 15.8. The van der Waals surface area contributed by atoms with Gasteiger partial charge in [-0.25, -0.2) is 0 Å². The Morgan fingerprint density at radius 3 is 2.04 bits per heavy atom. The minimum absolute atomic E-state index is 0.0400. The molecule has 7 heteroatoms. The fourth-order valence-electron chi connectivity index (χ4n) is 7.21. The van der Waals surface area contributed by atoms with Gasteiger partial charge in [-0.15, -0.1) is 0 Å². The highest BCUT2D eigenvalue weighted by atomic mass is 32.3. The zero-order valence-corrected chi connectivity index (χ0v) is 16.7. The van der Waals surface area contributed by atoms with Crippen LogP contribution >= 0.6 is 0 Å². The van der Waals surface area contributed by atoms with Crippen molar-refractivity contribution in [2.45, 2.75) is 83.8 Å². The molecule has 0 aromatic heterocycles. The van der Waals surface area contributed by atoms with Crippen LogP contribution in [0, 0.1) is 34.5 Å². The molecule has 0 saturated heterocycles. The lowest BCUT2D eigenvalue weighted by molar-refractivity contribution is -0.133. The highest BCUT2D eigenvalue weighted by molar-refractivity contribution is 7.79. The maximum Gasteiger partial charge on any atom is 0.394 e. The van der Waals surface area contributed by atoms with E-state index >= 15 is 0 Å². The molecule has 152 valence electrons. The van der Waals surface area contributed by atoms with Crippen LogP contribution in [0.4, 0.5) is 0 Å². The van der Waals surface area contributed by atoms with Gasteiger partial charge in [-0.05, 0) is 92.3 Å². The molecule has 0 heterocycles. The van der Waals surface area contributed by atoms with Crippen LogP contribution < -0.4 is 0 Å². The average Bonchev–Trinajstić information content (AvgIpc) is 2.82. The number of rotatable bonds is 0. The normalized spacial score (nSPS) is 50.7. The SMILES string of the molecule is C[C@]12CC[C@@H](O)C[C@@H]1CC[C@@H]1[C@@H]2CC[C@]2(C)[C@@H](O)CC[C@@H]12.O=S(=O)(O)O. The summed E-state index contributed by atoms with van der Waals surface area (Å²) in [4.78, 5) is 0. The molecule has 0 radical (unpaired) electrons. The van der Waals surface area contributed by atoms with Crippen molar-refractivity contribution in [1.82, 2.24) is 0 Å². The van der Waals surface area contributed by atoms with Crippen LogP contribution in [0.2, 0.25) is 0 Å². The molecule has 0 aliphatic heterocycles. The Hall–Kier alpha value is -0.210. The molecule has 26 heavy (non-hydrogen) atoms. The predicted octanol–water partition coefficient (Wildman–Crippen LogP) is 3.10. The van der Waals surface area contributed by atoms with Crippen LogP contribution in [0.25, 0.3) is 0 Å². The van der Waals surface area contributed by atoms with Crippen molar-refractivity contribution in [3.63, 3.8) is 0 Å². The van der Waals surface area contributed by atoms with Gasteiger partial charge in [-0.3, -0.25) is 9.11 Å². The summed E-state index contributed by atoms with van der Waals surface area (Å²) in [5.41, 5.74) is 0.676. The van der Waals surface area contributed by atoms with E-state index in [2.05, 4.69) is 13.8 Å². The molecule has 4 N–H and O–H groups in total. The molecule has 0 spiro atoms. The number of hydrogen-bond acceptors (Lipinski definition) is 4. The van der Waals surface area contributed by atoms with Gasteiger partial charge in [0.1, 0.15) is 0 Å². The lowest BCUT2D eigenvalue weighted by Crippen LogP contribution is -2.54. The Bertz CT molecular complexity index is 614. The first-order valence-corrected chi connectivity index (χ1v) is 11.4. The molecular weight excluding hydrogens is 356 g/mol. The first-order valence-electron chi connectivity index (χ1n) is 10.0. The molecular formula is C19H34O6S. The average molecular weight is 391 g/mol. The van der Waals surface area contributed by atoms with E-state index in [1.807, 2.05) is 0 Å². The summed E-state index contributed by atoms with van der Waals surface area (Å²) in [6, 6.07) is 0. The zero-order chi connectivity index (χ0) is 19.3. The van der Waals surface area contributed by atoms with Gasteiger partial charge < -0.3 is 10.2 Å². The lowest BCUT2D eigenvalue weighted by atomic mass is 9.45. The molecule has 4 fully saturated rings. The molecule has 0 amide bonds. The maximum absolute atomic E-state index is 10.5. The van der Waals surface area contributed by atoms with Crippen molar-refractivity contribution in [3.05, 3.63) is 0 Å². The van der Waals surface area contributed by atoms with Gasteiger partial charge >= 0.3 is 10.4 Å². The topological polar surface area (TPSA) is 115 Å².